The molecule has 4 heterocycles. The van der Waals surface area contributed by atoms with Crippen LogP contribution >= 0.6 is 0 Å². The lowest BCUT2D eigenvalue weighted by Crippen LogP contribution is -1.88. The van der Waals surface area contributed by atoms with Crippen molar-refractivity contribution in [1.82, 2.24) is 25.1 Å². The molecule has 0 radical (unpaired) electrons. The summed E-state index contributed by atoms with van der Waals surface area (Å²) in [5, 5.41) is 7.66. The van der Waals surface area contributed by atoms with Crippen LogP contribution < -0.4 is 0 Å². The second-order valence-corrected chi connectivity index (χ2v) is 7.83. The van der Waals surface area contributed by atoms with E-state index in [1.54, 1.807) is 26.0 Å². The Balaban J connectivity index is 0.000000220. The minimum atomic E-state index is -0.366. The molecule has 33 heavy (non-hydrogen) atoms. The molecule has 0 amide bonds. The van der Waals surface area contributed by atoms with Crippen molar-refractivity contribution >= 4 is 0 Å². The predicted octanol–water partition coefficient (Wildman–Crippen LogP) is 6.33. The summed E-state index contributed by atoms with van der Waals surface area (Å²) in [5.41, 5.74) is 7.85. The van der Waals surface area contributed by atoms with Crippen LogP contribution in [-0.2, 0) is 0 Å². The van der Waals surface area contributed by atoms with E-state index in [4.69, 9.17) is 0 Å². The molecule has 0 aliphatic carbocycles. The first kappa shape index (κ1) is 27.5. The molecule has 0 aliphatic rings. The summed E-state index contributed by atoms with van der Waals surface area (Å²) >= 11 is 0. The summed E-state index contributed by atoms with van der Waals surface area (Å²) in [6.07, 6.45) is 3.74. The largest absolute Gasteiger partial charge is 0.261 e. The zero-order valence-corrected chi connectivity index (χ0v) is 20.9. The monoisotopic (exact) mass is 447 g/mol. The van der Waals surface area contributed by atoms with Gasteiger partial charge in [-0.2, -0.15) is 14.6 Å². The van der Waals surface area contributed by atoms with Gasteiger partial charge in [-0.05, 0) is 96.8 Å². The summed E-state index contributed by atoms with van der Waals surface area (Å²) in [7, 11) is 0. The van der Waals surface area contributed by atoms with Gasteiger partial charge in [0.25, 0.3) is 0 Å². The molecule has 0 aliphatic heterocycles. The number of halogens is 1. The molecule has 0 saturated heterocycles. The van der Waals surface area contributed by atoms with Crippen LogP contribution in [0, 0.1) is 61.3 Å². The van der Waals surface area contributed by atoms with Gasteiger partial charge in [-0.15, -0.1) is 0 Å². The third-order valence-electron chi connectivity index (χ3n) is 4.22. The summed E-state index contributed by atoms with van der Waals surface area (Å²) in [4.78, 5) is 11.8. The van der Waals surface area contributed by atoms with E-state index in [-0.39, 0.29) is 5.95 Å². The zero-order chi connectivity index (χ0) is 24.8. The number of hydrogen-bond donors (Lipinski definition) is 0. The summed E-state index contributed by atoms with van der Waals surface area (Å²) in [6.45, 7) is 15.3. The van der Waals surface area contributed by atoms with E-state index in [1.807, 2.05) is 78.2 Å². The van der Waals surface area contributed by atoms with Gasteiger partial charge < -0.3 is 0 Å². The van der Waals surface area contributed by atoms with Gasteiger partial charge in [-0.1, -0.05) is 18.2 Å². The molecule has 0 N–H and O–H groups in total. The minimum Gasteiger partial charge on any atom is -0.261 e. The van der Waals surface area contributed by atoms with Gasteiger partial charge in [0.2, 0.25) is 5.95 Å². The maximum atomic E-state index is 12.5. The zero-order valence-electron chi connectivity index (χ0n) is 20.9. The molecular formula is C27H34FN5. The minimum absolute atomic E-state index is 0.366. The van der Waals surface area contributed by atoms with E-state index in [2.05, 4.69) is 37.3 Å². The molecule has 5 nitrogen and oxygen atoms in total. The maximum Gasteiger partial charge on any atom is 0.215 e. The Bertz CT molecular complexity index is 911. The van der Waals surface area contributed by atoms with Gasteiger partial charge in [0.05, 0.1) is 11.4 Å². The van der Waals surface area contributed by atoms with Crippen molar-refractivity contribution in [1.29, 1.82) is 0 Å². The molecule has 0 fully saturated rings. The molecular weight excluding hydrogens is 413 g/mol. The highest BCUT2D eigenvalue weighted by atomic mass is 19.1. The van der Waals surface area contributed by atoms with Crippen LogP contribution in [0.15, 0.2) is 60.9 Å². The van der Waals surface area contributed by atoms with Crippen LogP contribution in [0.25, 0.3) is 0 Å². The second-order valence-electron chi connectivity index (χ2n) is 7.83. The number of nitrogens with zero attached hydrogens (tertiary/aromatic N) is 5. The Labute approximate surface area is 197 Å². The van der Waals surface area contributed by atoms with Gasteiger partial charge in [0.15, 0.2) is 0 Å². The Morgan fingerprint density at radius 3 is 1.15 bits per heavy atom. The molecule has 0 aromatic carbocycles. The SMILES string of the molecule is Cc1ccc(C)c(F)n1.Cc1ccc(C)nc1.Cc1ccc(C)nc1.Cc1ccc(C)nn1. The van der Waals surface area contributed by atoms with E-state index >= 15 is 0 Å². The Morgan fingerprint density at radius 1 is 0.485 bits per heavy atom. The fraction of sp³-hybridized carbons (Fsp3) is 0.296. The number of aryl methyl sites for hydroxylation is 8. The van der Waals surface area contributed by atoms with Crippen LogP contribution in [0.3, 0.4) is 0 Å². The highest BCUT2D eigenvalue weighted by Crippen LogP contribution is 2.02. The second kappa shape index (κ2) is 14.5. The fourth-order valence-corrected chi connectivity index (χ4v) is 2.14. The highest BCUT2D eigenvalue weighted by molar-refractivity contribution is 5.13. The molecule has 0 unspecified atom stereocenters. The summed E-state index contributed by atoms with van der Waals surface area (Å²) in [6, 6.07) is 15.5. The van der Waals surface area contributed by atoms with Gasteiger partial charge in [0.1, 0.15) is 0 Å². The van der Waals surface area contributed by atoms with Crippen molar-refractivity contribution in [2.75, 3.05) is 0 Å². The van der Waals surface area contributed by atoms with E-state index in [0.29, 0.717) is 5.56 Å². The number of rotatable bonds is 0. The van der Waals surface area contributed by atoms with E-state index in [1.165, 1.54) is 11.1 Å². The number of hydrogen-bond acceptors (Lipinski definition) is 5. The molecule has 4 aromatic heterocycles. The lowest BCUT2D eigenvalue weighted by molar-refractivity contribution is 0.571. The fourth-order valence-electron chi connectivity index (χ4n) is 2.14. The number of aromatic nitrogens is 5. The van der Waals surface area contributed by atoms with Crippen molar-refractivity contribution in [3.8, 4) is 0 Å². The standard InChI is InChI=1S/C7H8FN.2C7H9N.C6H8N2/c1-5-3-4-6(2)9-7(5)8;2*1-6-3-4-7(2)8-5-6;1-5-3-4-6(2)8-7-5/h3-4H,1-2H3;2*3-5H,1-2H3;3-4H,1-2H3. The third-order valence-corrected chi connectivity index (χ3v) is 4.22. The lowest BCUT2D eigenvalue weighted by atomic mass is 10.3. The van der Waals surface area contributed by atoms with Crippen molar-refractivity contribution in [2.24, 2.45) is 0 Å². The lowest BCUT2D eigenvalue weighted by Gasteiger charge is -1.93. The highest BCUT2D eigenvalue weighted by Gasteiger charge is 1.95. The average molecular weight is 448 g/mol. The quantitative estimate of drug-likeness (QED) is 0.295. The van der Waals surface area contributed by atoms with Crippen LogP contribution in [0.1, 0.15) is 45.2 Å². The molecule has 0 spiro atoms. The molecule has 0 atom stereocenters. The van der Waals surface area contributed by atoms with E-state index < -0.39 is 0 Å². The summed E-state index contributed by atoms with van der Waals surface area (Å²) < 4.78 is 12.5. The van der Waals surface area contributed by atoms with Gasteiger partial charge in [-0.25, -0.2) is 4.98 Å². The topological polar surface area (TPSA) is 64.5 Å². The predicted molar refractivity (Wildman–Crippen MR) is 133 cm³/mol. The van der Waals surface area contributed by atoms with E-state index in [9.17, 15) is 4.39 Å². The first-order chi connectivity index (χ1) is 15.6. The molecule has 6 heteroatoms. The van der Waals surface area contributed by atoms with Crippen molar-refractivity contribution in [3.05, 3.63) is 112 Å². The van der Waals surface area contributed by atoms with Crippen LogP contribution in [0.4, 0.5) is 4.39 Å². The molecule has 0 saturated carbocycles. The smallest absolute Gasteiger partial charge is 0.215 e. The normalized spacial score (nSPS) is 9.36. The summed E-state index contributed by atoms with van der Waals surface area (Å²) in [5.74, 6) is -0.366. The van der Waals surface area contributed by atoms with E-state index in [0.717, 1.165) is 28.5 Å². The molecule has 0 bridgehead atoms. The Morgan fingerprint density at radius 2 is 0.879 bits per heavy atom. The maximum absolute atomic E-state index is 12.5. The number of pyridine rings is 3. The molecule has 174 valence electrons. The Hall–Kier alpha value is -3.54. The van der Waals surface area contributed by atoms with Crippen LogP contribution in [0.2, 0.25) is 0 Å². The third kappa shape index (κ3) is 12.8. The van der Waals surface area contributed by atoms with Crippen molar-refractivity contribution in [2.45, 2.75) is 55.4 Å². The van der Waals surface area contributed by atoms with Crippen LogP contribution in [-0.4, -0.2) is 25.1 Å². The first-order valence-electron chi connectivity index (χ1n) is 10.7. The van der Waals surface area contributed by atoms with Gasteiger partial charge in [0, 0.05) is 35.0 Å². The molecule has 4 rings (SSSR count). The average Bonchev–Trinajstić information content (AvgIpc) is 2.79. The first-order valence-corrected chi connectivity index (χ1v) is 10.7. The van der Waals surface area contributed by atoms with Gasteiger partial charge >= 0.3 is 0 Å². The molecule has 4 aromatic rings. The van der Waals surface area contributed by atoms with Crippen molar-refractivity contribution in [3.63, 3.8) is 0 Å². The van der Waals surface area contributed by atoms with Crippen LogP contribution in [0.5, 0.6) is 0 Å². The van der Waals surface area contributed by atoms with Crippen molar-refractivity contribution < 1.29 is 4.39 Å². The Kier molecular flexibility index (Phi) is 12.1. The van der Waals surface area contributed by atoms with Gasteiger partial charge in [-0.3, -0.25) is 9.97 Å².